The number of nitrogens with zero attached hydrogens (tertiary/aromatic N) is 1. The van der Waals surface area contributed by atoms with E-state index in [9.17, 15) is 0 Å². The van der Waals surface area contributed by atoms with E-state index in [2.05, 4.69) is 51.8 Å². The second-order valence-corrected chi connectivity index (χ2v) is 7.49. The fraction of sp³-hybridized carbons (Fsp3) is 1.00. The monoisotopic (exact) mass is 254 g/mol. The fourth-order valence-corrected chi connectivity index (χ4v) is 2.54. The van der Waals surface area contributed by atoms with Crippen molar-refractivity contribution < 1.29 is 0 Å². The molecule has 0 spiro atoms. The third kappa shape index (κ3) is 6.75. The van der Waals surface area contributed by atoms with Crippen LogP contribution in [0, 0.1) is 5.92 Å². The molecule has 0 amide bonds. The smallest absolute Gasteiger partial charge is 0.00993 e. The van der Waals surface area contributed by atoms with Crippen LogP contribution in [0.25, 0.3) is 0 Å². The van der Waals surface area contributed by atoms with E-state index < -0.39 is 0 Å². The second-order valence-electron chi connectivity index (χ2n) is 7.49. The maximum Gasteiger partial charge on any atom is 0.00993 e. The van der Waals surface area contributed by atoms with Crippen molar-refractivity contribution >= 4 is 0 Å². The van der Waals surface area contributed by atoms with Gasteiger partial charge in [0.1, 0.15) is 0 Å². The maximum atomic E-state index is 3.58. The van der Waals surface area contributed by atoms with Gasteiger partial charge in [0.25, 0.3) is 0 Å². The van der Waals surface area contributed by atoms with Crippen molar-refractivity contribution in [2.75, 3.05) is 13.1 Å². The Morgan fingerprint density at radius 3 is 2.22 bits per heavy atom. The summed E-state index contributed by atoms with van der Waals surface area (Å²) in [6, 6.07) is 1.65. The first-order valence-electron chi connectivity index (χ1n) is 7.80. The Morgan fingerprint density at radius 1 is 1.17 bits per heavy atom. The minimum Gasteiger partial charge on any atom is -0.312 e. The normalized spacial score (nSPS) is 18.7. The molecule has 1 saturated carbocycles. The van der Waals surface area contributed by atoms with Gasteiger partial charge >= 0.3 is 0 Å². The Bertz CT molecular complexity index is 226. The lowest BCUT2D eigenvalue weighted by molar-refractivity contribution is 0.166. The highest BCUT2D eigenvalue weighted by Crippen LogP contribution is 2.30. The minimum atomic E-state index is 0.261. The van der Waals surface area contributed by atoms with Gasteiger partial charge in [-0.15, -0.1) is 0 Å². The van der Waals surface area contributed by atoms with E-state index in [1.807, 2.05) is 0 Å². The minimum absolute atomic E-state index is 0.261. The summed E-state index contributed by atoms with van der Waals surface area (Å²) in [7, 11) is 0. The van der Waals surface area contributed by atoms with Crippen molar-refractivity contribution in [2.45, 2.75) is 84.8 Å². The van der Waals surface area contributed by atoms with Crippen molar-refractivity contribution in [3.63, 3.8) is 0 Å². The first kappa shape index (κ1) is 16.0. The molecule has 108 valence electrons. The van der Waals surface area contributed by atoms with Gasteiger partial charge in [-0.2, -0.15) is 0 Å². The summed E-state index contributed by atoms with van der Waals surface area (Å²) in [5, 5.41) is 3.58. The molecule has 2 nitrogen and oxygen atoms in total. The molecule has 18 heavy (non-hydrogen) atoms. The molecule has 1 fully saturated rings. The van der Waals surface area contributed by atoms with Crippen molar-refractivity contribution in [2.24, 2.45) is 5.92 Å². The zero-order valence-electron chi connectivity index (χ0n) is 13.4. The number of nitrogens with one attached hydrogen (secondary N) is 1. The van der Waals surface area contributed by atoms with Crippen LogP contribution in [0.5, 0.6) is 0 Å². The van der Waals surface area contributed by atoms with Crippen molar-refractivity contribution in [1.82, 2.24) is 10.2 Å². The molecule has 1 aliphatic rings. The van der Waals surface area contributed by atoms with Crippen LogP contribution in [0.15, 0.2) is 0 Å². The van der Waals surface area contributed by atoms with E-state index in [1.54, 1.807) is 0 Å². The summed E-state index contributed by atoms with van der Waals surface area (Å²) >= 11 is 0. The summed E-state index contributed by atoms with van der Waals surface area (Å²) in [6.45, 7) is 16.2. The van der Waals surface area contributed by atoms with E-state index in [0.29, 0.717) is 0 Å². The molecular weight excluding hydrogens is 220 g/mol. The highest BCUT2D eigenvalue weighted by Gasteiger charge is 2.31. The predicted molar refractivity (Wildman–Crippen MR) is 81.0 cm³/mol. The second kappa shape index (κ2) is 6.91. The van der Waals surface area contributed by atoms with E-state index in [-0.39, 0.29) is 5.54 Å². The Kier molecular flexibility index (Phi) is 6.13. The van der Waals surface area contributed by atoms with Crippen LogP contribution in [0.4, 0.5) is 0 Å². The van der Waals surface area contributed by atoms with Crippen LogP contribution < -0.4 is 5.32 Å². The molecule has 1 aliphatic carbocycles. The zero-order valence-corrected chi connectivity index (χ0v) is 13.4. The third-order valence-electron chi connectivity index (χ3n) is 3.61. The lowest BCUT2D eigenvalue weighted by Crippen LogP contribution is -2.39. The zero-order chi connectivity index (χ0) is 13.8. The van der Waals surface area contributed by atoms with Crippen molar-refractivity contribution in [3.8, 4) is 0 Å². The van der Waals surface area contributed by atoms with Gasteiger partial charge in [0.2, 0.25) is 0 Å². The van der Waals surface area contributed by atoms with Crippen LogP contribution in [-0.2, 0) is 0 Å². The lowest BCUT2D eigenvalue weighted by atomic mass is 10.1. The highest BCUT2D eigenvalue weighted by atomic mass is 15.2. The standard InChI is InChI=1S/C16H34N2/c1-13(2)12-18(15-9-10-15)14(3)8-7-11-17-16(4,5)6/h13-15,17H,7-12H2,1-6H3. The van der Waals surface area contributed by atoms with Gasteiger partial charge in [0, 0.05) is 24.2 Å². The van der Waals surface area contributed by atoms with Crippen LogP contribution in [0.1, 0.15) is 67.2 Å². The van der Waals surface area contributed by atoms with Gasteiger partial charge in [0.05, 0.1) is 0 Å². The molecule has 0 heterocycles. The average molecular weight is 254 g/mol. The van der Waals surface area contributed by atoms with E-state index in [0.717, 1.165) is 24.5 Å². The van der Waals surface area contributed by atoms with Crippen LogP contribution >= 0.6 is 0 Å². The molecular formula is C16H34N2. The average Bonchev–Trinajstić information content (AvgIpc) is 3.02. The number of hydrogen-bond acceptors (Lipinski definition) is 2. The quantitative estimate of drug-likeness (QED) is 0.665. The predicted octanol–water partition coefficient (Wildman–Crippen LogP) is 3.66. The van der Waals surface area contributed by atoms with Gasteiger partial charge in [0.15, 0.2) is 0 Å². The third-order valence-corrected chi connectivity index (χ3v) is 3.61. The molecule has 0 aromatic rings. The largest absolute Gasteiger partial charge is 0.312 e. The maximum absolute atomic E-state index is 3.58. The Hall–Kier alpha value is -0.0800. The molecule has 0 bridgehead atoms. The summed E-state index contributed by atoms with van der Waals surface area (Å²) in [6.07, 6.45) is 5.47. The SMILES string of the molecule is CC(C)CN(C(C)CCCNC(C)(C)C)C1CC1. The molecule has 2 heteroatoms. The Morgan fingerprint density at radius 2 is 1.78 bits per heavy atom. The number of hydrogen-bond donors (Lipinski definition) is 1. The van der Waals surface area contributed by atoms with Gasteiger partial charge in [-0.05, 0) is 65.8 Å². The van der Waals surface area contributed by atoms with Gasteiger partial charge in [-0.1, -0.05) is 13.8 Å². The van der Waals surface area contributed by atoms with Crippen LogP contribution in [-0.4, -0.2) is 35.6 Å². The molecule has 1 rings (SSSR count). The molecule has 0 aliphatic heterocycles. The molecule has 1 unspecified atom stereocenters. The van der Waals surface area contributed by atoms with Gasteiger partial charge < -0.3 is 5.32 Å². The van der Waals surface area contributed by atoms with Crippen LogP contribution in [0.3, 0.4) is 0 Å². The van der Waals surface area contributed by atoms with Gasteiger partial charge in [-0.25, -0.2) is 0 Å². The molecule has 1 N–H and O–H groups in total. The molecule has 0 aromatic heterocycles. The first-order chi connectivity index (χ1) is 8.29. The lowest BCUT2D eigenvalue weighted by Gasteiger charge is -2.31. The van der Waals surface area contributed by atoms with Crippen molar-refractivity contribution in [3.05, 3.63) is 0 Å². The fourth-order valence-electron chi connectivity index (χ4n) is 2.54. The Balaban J connectivity index is 2.22. The van der Waals surface area contributed by atoms with Crippen molar-refractivity contribution in [1.29, 1.82) is 0 Å². The molecule has 0 aromatic carbocycles. The topological polar surface area (TPSA) is 15.3 Å². The molecule has 0 saturated heterocycles. The summed E-state index contributed by atoms with van der Waals surface area (Å²) in [5.74, 6) is 0.792. The Labute approximate surface area is 115 Å². The van der Waals surface area contributed by atoms with E-state index in [4.69, 9.17) is 0 Å². The first-order valence-corrected chi connectivity index (χ1v) is 7.80. The summed E-state index contributed by atoms with van der Waals surface area (Å²) in [5.41, 5.74) is 0.261. The van der Waals surface area contributed by atoms with Gasteiger partial charge in [-0.3, -0.25) is 4.90 Å². The molecule has 1 atom stereocenters. The van der Waals surface area contributed by atoms with Crippen LogP contribution in [0.2, 0.25) is 0 Å². The highest BCUT2D eigenvalue weighted by molar-refractivity contribution is 4.88. The molecule has 0 radical (unpaired) electrons. The summed E-state index contributed by atoms with van der Waals surface area (Å²) < 4.78 is 0. The van der Waals surface area contributed by atoms with E-state index >= 15 is 0 Å². The summed E-state index contributed by atoms with van der Waals surface area (Å²) in [4.78, 5) is 2.75. The number of rotatable bonds is 8. The van der Waals surface area contributed by atoms with E-state index in [1.165, 1.54) is 32.2 Å².